The number of fused-ring (bicyclic) bond motifs is 1. The highest BCUT2D eigenvalue weighted by atomic mass is 35.5. The van der Waals surface area contributed by atoms with Crippen molar-refractivity contribution in [1.29, 1.82) is 0 Å². The highest BCUT2D eigenvalue weighted by molar-refractivity contribution is 6.33. The van der Waals surface area contributed by atoms with Crippen LogP contribution in [0.4, 0.5) is 5.69 Å². The van der Waals surface area contributed by atoms with Gasteiger partial charge in [0.15, 0.2) is 0 Å². The summed E-state index contributed by atoms with van der Waals surface area (Å²) in [6.45, 7) is 4.08. The average Bonchev–Trinajstić information content (AvgIpc) is 3.31. The maximum absolute atomic E-state index is 12.7. The molecule has 7 nitrogen and oxygen atoms in total. The first-order valence-corrected chi connectivity index (χ1v) is 13.2. The number of quaternary nitrogens is 1. The van der Waals surface area contributed by atoms with Crippen LogP contribution in [0, 0.1) is 0 Å². The van der Waals surface area contributed by atoms with Gasteiger partial charge in [-0.2, -0.15) is 4.99 Å². The van der Waals surface area contributed by atoms with Gasteiger partial charge in [0.2, 0.25) is 11.9 Å². The molecule has 2 aromatic carbocycles. The Morgan fingerprint density at radius 3 is 2.67 bits per heavy atom. The molecule has 0 saturated carbocycles. The number of nitrogens with two attached hydrogens (primary N) is 1. The molecule has 188 valence electrons. The summed E-state index contributed by atoms with van der Waals surface area (Å²) in [4.78, 5) is 18.4. The van der Waals surface area contributed by atoms with E-state index >= 15 is 0 Å². The van der Waals surface area contributed by atoms with Gasteiger partial charge in [-0.1, -0.05) is 54.4 Å². The Hall–Kier alpha value is -2.84. The minimum atomic E-state index is -0.768. The van der Waals surface area contributed by atoms with Crippen LogP contribution in [0.2, 0.25) is 10.0 Å². The number of allylic oxidation sites excluding steroid dienone is 2. The van der Waals surface area contributed by atoms with Gasteiger partial charge >= 0.3 is 0 Å². The summed E-state index contributed by atoms with van der Waals surface area (Å²) in [5, 5.41) is 6.43. The number of primary amides is 1. The molecule has 9 heteroatoms. The zero-order valence-electron chi connectivity index (χ0n) is 20.2. The molecule has 3 heterocycles. The van der Waals surface area contributed by atoms with Crippen molar-refractivity contribution in [2.24, 2.45) is 10.7 Å². The van der Waals surface area contributed by atoms with E-state index in [-0.39, 0.29) is 0 Å². The topological polar surface area (TPSA) is 87.2 Å². The largest absolute Gasteiger partial charge is 0.367 e. The second kappa shape index (κ2) is 10.6. The molecule has 5 rings (SSSR count). The van der Waals surface area contributed by atoms with Crippen molar-refractivity contribution in [3.05, 3.63) is 87.4 Å². The predicted molar refractivity (Wildman–Crippen MR) is 145 cm³/mol. The first kappa shape index (κ1) is 24.8. The van der Waals surface area contributed by atoms with Crippen molar-refractivity contribution in [1.82, 2.24) is 10.3 Å². The fourth-order valence-electron chi connectivity index (χ4n) is 5.11. The third-order valence-electron chi connectivity index (χ3n) is 7.05. The van der Waals surface area contributed by atoms with E-state index < -0.39 is 11.9 Å². The van der Waals surface area contributed by atoms with E-state index in [1.165, 1.54) is 5.56 Å². The Morgan fingerprint density at radius 2 is 1.97 bits per heavy atom. The summed E-state index contributed by atoms with van der Waals surface area (Å²) >= 11 is 13.2. The molecule has 1 fully saturated rings. The van der Waals surface area contributed by atoms with E-state index in [1.807, 2.05) is 55.7 Å². The molecule has 5 N–H and O–H groups in total. The van der Waals surface area contributed by atoms with Gasteiger partial charge in [-0.3, -0.25) is 15.2 Å². The number of piperidine rings is 1. The molecule has 2 unspecified atom stereocenters. The van der Waals surface area contributed by atoms with Crippen molar-refractivity contribution in [3.63, 3.8) is 0 Å². The van der Waals surface area contributed by atoms with Crippen LogP contribution in [0.3, 0.4) is 0 Å². The van der Waals surface area contributed by atoms with Crippen LogP contribution in [0.15, 0.2) is 71.3 Å². The second-order valence-electron chi connectivity index (χ2n) is 9.41. The smallest absolute Gasteiger partial charge is 0.254 e. The lowest BCUT2D eigenvalue weighted by atomic mass is 9.90. The summed E-state index contributed by atoms with van der Waals surface area (Å²) in [6.07, 6.45) is 7.52. The minimum absolute atomic E-state index is 0.486. The Morgan fingerprint density at radius 1 is 1.19 bits per heavy atom. The maximum atomic E-state index is 12.7. The number of rotatable bonds is 7. The van der Waals surface area contributed by atoms with Crippen LogP contribution in [0.1, 0.15) is 43.2 Å². The molecule has 2 atom stereocenters. The highest BCUT2D eigenvalue weighted by Gasteiger charge is 2.44. The average molecular weight is 526 g/mol. The predicted octanol–water partition coefficient (Wildman–Crippen LogP) is 3.59. The number of carbonyl (C=O) groups excluding carboxylic acids is 1. The molecule has 0 radical (unpaired) electrons. The standard InChI is InChI=1S/C27H30Cl2N6O/c1-2-20-15-34-21(13-19-5-3-4-6-22(19)28)16-35(25(26(30)36)27(34)32-20)33-24-8-7-18(14-23(24)29)17-9-11-31-12-10-17/h3-8,14-17,25,31,33H,2,9-13H2,1H3,(H2,30,36)/p+1. The van der Waals surface area contributed by atoms with Crippen LogP contribution in [-0.4, -0.2) is 35.9 Å². The molecule has 3 aliphatic rings. The van der Waals surface area contributed by atoms with Gasteiger partial charge < -0.3 is 11.1 Å². The van der Waals surface area contributed by atoms with Crippen LogP contribution in [0.5, 0.6) is 0 Å². The molecule has 2 aromatic rings. The first-order valence-electron chi connectivity index (χ1n) is 12.4. The third-order valence-corrected chi connectivity index (χ3v) is 7.73. The molecule has 0 bridgehead atoms. The van der Waals surface area contributed by atoms with Crippen molar-refractivity contribution in [3.8, 4) is 0 Å². The molecule has 1 saturated heterocycles. The number of halogens is 2. The van der Waals surface area contributed by atoms with E-state index in [0.717, 1.165) is 54.2 Å². The molecule has 3 aliphatic heterocycles. The van der Waals surface area contributed by atoms with Crippen LogP contribution in [0.25, 0.3) is 0 Å². The third kappa shape index (κ3) is 5.02. The van der Waals surface area contributed by atoms with Crippen LogP contribution >= 0.6 is 23.2 Å². The van der Waals surface area contributed by atoms with Gasteiger partial charge in [0.1, 0.15) is 11.9 Å². The molecular formula is C27H31Cl2N6O+. The summed E-state index contributed by atoms with van der Waals surface area (Å²) in [5.74, 6) is 0.663. The lowest BCUT2D eigenvalue weighted by Gasteiger charge is -2.35. The maximum Gasteiger partial charge on any atom is 0.254 e. The first-order chi connectivity index (χ1) is 17.4. The van der Waals surface area contributed by atoms with E-state index in [0.29, 0.717) is 33.9 Å². The number of aliphatic imine (C=N–C) groups is 1. The van der Waals surface area contributed by atoms with E-state index in [4.69, 9.17) is 33.9 Å². The Balaban J connectivity index is 1.48. The van der Waals surface area contributed by atoms with Gasteiger partial charge in [0, 0.05) is 5.02 Å². The quantitative estimate of drug-likeness (QED) is 0.444. The van der Waals surface area contributed by atoms with Crippen LogP contribution < -0.4 is 21.4 Å². The van der Waals surface area contributed by atoms with Crippen molar-refractivity contribution >= 4 is 40.6 Å². The number of hydrogen-bond donors (Lipinski definition) is 4. The fraction of sp³-hybridized carbons (Fsp3) is 0.333. The van der Waals surface area contributed by atoms with Gasteiger partial charge in [-0.15, -0.1) is 0 Å². The number of hydrazine groups is 1. The number of carbonyl (C=O) groups is 1. The van der Waals surface area contributed by atoms with Crippen LogP contribution in [-0.2, 0) is 11.2 Å². The van der Waals surface area contributed by atoms with Crippen molar-refractivity contribution in [2.75, 3.05) is 18.5 Å². The number of amides is 1. The van der Waals surface area contributed by atoms with E-state index in [2.05, 4.69) is 16.8 Å². The van der Waals surface area contributed by atoms with Gasteiger partial charge in [0.05, 0.1) is 29.0 Å². The Kier molecular flexibility index (Phi) is 7.34. The SMILES string of the molecule is CCC1=C[NH+]2C(Cc3ccccc3Cl)=CN(Nc3ccc(C4CCNCC4)cc3Cl)C(C(N)=O)C2=N1. The number of anilines is 1. The summed E-state index contributed by atoms with van der Waals surface area (Å²) in [7, 11) is 0. The Labute approximate surface area is 221 Å². The lowest BCUT2D eigenvalue weighted by molar-refractivity contribution is -0.704. The van der Waals surface area contributed by atoms with Gasteiger partial charge in [-0.25, -0.2) is 4.90 Å². The zero-order valence-corrected chi connectivity index (χ0v) is 21.7. The fourth-order valence-corrected chi connectivity index (χ4v) is 5.54. The highest BCUT2D eigenvalue weighted by Crippen LogP contribution is 2.32. The van der Waals surface area contributed by atoms with Gasteiger partial charge in [0.25, 0.3) is 5.91 Å². The molecular weight excluding hydrogens is 495 g/mol. The summed E-state index contributed by atoms with van der Waals surface area (Å²) in [5.41, 5.74) is 14.1. The van der Waals surface area contributed by atoms with E-state index in [9.17, 15) is 4.79 Å². The summed E-state index contributed by atoms with van der Waals surface area (Å²) < 4.78 is 0. The number of nitrogens with zero attached hydrogens (tertiary/aromatic N) is 2. The molecule has 36 heavy (non-hydrogen) atoms. The normalized spacial score (nSPS) is 22.0. The van der Waals surface area contributed by atoms with Crippen molar-refractivity contribution in [2.45, 2.75) is 44.6 Å². The zero-order chi connectivity index (χ0) is 25.2. The molecule has 0 spiro atoms. The molecule has 1 amide bonds. The second-order valence-corrected chi connectivity index (χ2v) is 10.2. The monoisotopic (exact) mass is 525 g/mol. The number of benzene rings is 2. The van der Waals surface area contributed by atoms with Crippen molar-refractivity contribution < 1.29 is 9.69 Å². The number of nitrogens with one attached hydrogen (secondary N) is 3. The lowest BCUT2D eigenvalue weighted by Crippen LogP contribution is -3.11. The van der Waals surface area contributed by atoms with Gasteiger partial charge in [-0.05, 0) is 67.6 Å². The number of amidine groups is 1. The van der Waals surface area contributed by atoms with E-state index in [1.54, 1.807) is 5.01 Å². The molecule has 0 aromatic heterocycles. The number of hydrogen-bond acceptors (Lipinski definition) is 5. The summed E-state index contributed by atoms with van der Waals surface area (Å²) in [6, 6.07) is 13.1. The minimum Gasteiger partial charge on any atom is -0.367 e. The molecule has 0 aliphatic carbocycles. The Bertz CT molecular complexity index is 1250.